The van der Waals surface area contributed by atoms with Gasteiger partial charge in [-0.05, 0) is 25.0 Å². The molecule has 4 rings (SSSR count). The van der Waals surface area contributed by atoms with Gasteiger partial charge in [0.25, 0.3) is 5.91 Å². The summed E-state index contributed by atoms with van der Waals surface area (Å²) in [6, 6.07) is 7.84. The monoisotopic (exact) mass is 370 g/mol. The SMILES string of the molecule is O=C(c1cnc2ccccc2n1)N(CCN1CCOCC1)C1CCOCC1. The second kappa shape index (κ2) is 8.73. The Hall–Kier alpha value is -2.09. The molecular formula is C20H26N4O3. The molecule has 3 heterocycles. The molecule has 0 unspecified atom stereocenters. The molecule has 2 fully saturated rings. The van der Waals surface area contributed by atoms with E-state index in [-0.39, 0.29) is 11.9 Å². The molecule has 7 nitrogen and oxygen atoms in total. The maximum Gasteiger partial charge on any atom is 0.274 e. The lowest BCUT2D eigenvalue weighted by Gasteiger charge is -2.36. The fourth-order valence-electron chi connectivity index (χ4n) is 3.73. The second-order valence-electron chi connectivity index (χ2n) is 7.04. The van der Waals surface area contributed by atoms with Gasteiger partial charge in [-0.3, -0.25) is 14.7 Å². The third-order valence-electron chi connectivity index (χ3n) is 5.32. The summed E-state index contributed by atoms with van der Waals surface area (Å²) in [6.45, 7) is 6.33. The molecule has 0 bridgehead atoms. The third kappa shape index (κ3) is 4.43. The largest absolute Gasteiger partial charge is 0.381 e. The van der Waals surface area contributed by atoms with Crippen molar-refractivity contribution in [3.05, 3.63) is 36.2 Å². The Balaban J connectivity index is 1.52. The van der Waals surface area contributed by atoms with Crippen LogP contribution < -0.4 is 0 Å². The number of benzene rings is 1. The lowest BCUT2D eigenvalue weighted by Crippen LogP contribution is -2.48. The Morgan fingerprint density at radius 2 is 1.78 bits per heavy atom. The Labute approximate surface area is 159 Å². The molecule has 2 aromatic rings. The number of hydrogen-bond donors (Lipinski definition) is 0. The highest BCUT2D eigenvalue weighted by Crippen LogP contribution is 2.18. The number of aromatic nitrogens is 2. The van der Waals surface area contributed by atoms with Gasteiger partial charge in [-0.15, -0.1) is 0 Å². The maximum absolute atomic E-state index is 13.3. The summed E-state index contributed by atoms with van der Waals surface area (Å²) in [7, 11) is 0. The van der Waals surface area contributed by atoms with Gasteiger partial charge >= 0.3 is 0 Å². The first-order chi connectivity index (χ1) is 13.3. The first kappa shape index (κ1) is 18.3. The molecule has 27 heavy (non-hydrogen) atoms. The van der Waals surface area contributed by atoms with E-state index >= 15 is 0 Å². The number of hydrogen-bond acceptors (Lipinski definition) is 6. The van der Waals surface area contributed by atoms with E-state index in [4.69, 9.17) is 9.47 Å². The van der Waals surface area contributed by atoms with Crippen molar-refractivity contribution in [1.82, 2.24) is 19.8 Å². The fraction of sp³-hybridized carbons (Fsp3) is 0.550. The van der Waals surface area contributed by atoms with Gasteiger partial charge in [0.2, 0.25) is 0 Å². The standard InChI is InChI=1S/C20H26N4O3/c25-20(19-15-21-17-3-1-2-4-18(17)22-19)24(16-5-11-26-12-6-16)8-7-23-9-13-27-14-10-23/h1-4,15-16H,5-14H2. The number of amides is 1. The van der Waals surface area contributed by atoms with E-state index in [1.165, 1.54) is 0 Å². The summed E-state index contributed by atoms with van der Waals surface area (Å²) >= 11 is 0. The zero-order valence-electron chi connectivity index (χ0n) is 15.5. The Morgan fingerprint density at radius 3 is 2.56 bits per heavy atom. The number of morpholine rings is 1. The number of ether oxygens (including phenoxy) is 2. The highest BCUT2D eigenvalue weighted by molar-refractivity contribution is 5.94. The van der Waals surface area contributed by atoms with Gasteiger partial charge in [-0.2, -0.15) is 0 Å². The number of carbonyl (C=O) groups excluding carboxylic acids is 1. The van der Waals surface area contributed by atoms with Gasteiger partial charge in [0.1, 0.15) is 5.69 Å². The molecule has 0 spiro atoms. The van der Waals surface area contributed by atoms with Crippen LogP contribution in [0.3, 0.4) is 0 Å². The summed E-state index contributed by atoms with van der Waals surface area (Å²) in [4.78, 5) is 26.6. The van der Waals surface area contributed by atoms with Gasteiger partial charge < -0.3 is 14.4 Å². The van der Waals surface area contributed by atoms with Crippen molar-refractivity contribution in [3.63, 3.8) is 0 Å². The van der Waals surface area contributed by atoms with Gasteiger partial charge in [0, 0.05) is 45.4 Å². The van der Waals surface area contributed by atoms with Crippen molar-refractivity contribution in [3.8, 4) is 0 Å². The topological polar surface area (TPSA) is 67.8 Å². The molecule has 144 valence electrons. The minimum Gasteiger partial charge on any atom is -0.381 e. The number of fused-ring (bicyclic) bond motifs is 1. The Bertz CT molecular complexity index is 773. The third-order valence-corrected chi connectivity index (χ3v) is 5.32. The van der Waals surface area contributed by atoms with E-state index in [9.17, 15) is 4.79 Å². The summed E-state index contributed by atoms with van der Waals surface area (Å²) in [5, 5.41) is 0. The molecule has 1 amide bonds. The van der Waals surface area contributed by atoms with Gasteiger partial charge in [0.15, 0.2) is 0 Å². The molecule has 0 radical (unpaired) electrons. The average molecular weight is 370 g/mol. The van der Waals surface area contributed by atoms with Crippen LogP contribution in [0.1, 0.15) is 23.3 Å². The van der Waals surface area contributed by atoms with Crippen LogP contribution in [0.25, 0.3) is 11.0 Å². The molecular weight excluding hydrogens is 344 g/mol. The number of rotatable bonds is 5. The maximum atomic E-state index is 13.3. The lowest BCUT2D eigenvalue weighted by molar-refractivity contribution is 0.0139. The van der Waals surface area contributed by atoms with Crippen molar-refractivity contribution in [2.24, 2.45) is 0 Å². The van der Waals surface area contributed by atoms with Crippen LogP contribution in [-0.2, 0) is 9.47 Å². The van der Waals surface area contributed by atoms with Crippen molar-refractivity contribution in [2.45, 2.75) is 18.9 Å². The van der Waals surface area contributed by atoms with Gasteiger partial charge in [-0.1, -0.05) is 12.1 Å². The Morgan fingerprint density at radius 1 is 1.07 bits per heavy atom. The zero-order valence-corrected chi connectivity index (χ0v) is 15.5. The van der Waals surface area contributed by atoms with Crippen LogP contribution in [0, 0.1) is 0 Å². The first-order valence-corrected chi connectivity index (χ1v) is 9.72. The first-order valence-electron chi connectivity index (χ1n) is 9.72. The molecule has 0 saturated carbocycles. The van der Waals surface area contributed by atoms with Gasteiger partial charge in [-0.25, -0.2) is 4.98 Å². The highest BCUT2D eigenvalue weighted by Gasteiger charge is 2.28. The van der Waals surface area contributed by atoms with Crippen molar-refractivity contribution >= 4 is 16.9 Å². The lowest BCUT2D eigenvalue weighted by atomic mass is 10.1. The summed E-state index contributed by atoms with van der Waals surface area (Å²) in [6.07, 6.45) is 3.34. The summed E-state index contributed by atoms with van der Waals surface area (Å²) in [5.74, 6) is -0.0339. The van der Waals surface area contributed by atoms with E-state index in [1.54, 1.807) is 6.20 Å². The molecule has 7 heteroatoms. The molecule has 1 aromatic carbocycles. The molecule has 0 N–H and O–H groups in total. The average Bonchev–Trinajstić information content (AvgIpc) is 2.75. The van der Waals surface area contributed by atoms with Crippen LogP contribution in [0.15, 0.2) is 30.5 Å². The Kier molecular flexibility index (Phi) is 5.91. The van der Waals surface area contributed by atoms with Crippen LogP contribution >= 0.6 is 0 Å². The molecule has 0 aliphatic carbocycles. The van der Waals surface area contributed by atoms with E-state index in [0.717, 1.165) is 56.7 Å². The zero-order chi connectivity index (χ0) is 18.5. The predicted octanol–water partition coefficient (Wildman–Crippen LogP) is 1.58. The van der Waals surface area contributed by atoms with Crippen LogP contribution in [0.4, 0.5) is 0 Å². The van der Waals surface area contributed by atoms with Crippen molar-refractivity contribution in [2.75, 3.05) is 52.6 Å². The predicted molar refractivity (Wildman–Crippen MR) is 102 cm³/mol. The molecule has 2 saturated heterocycles. The minimum absolute atomic E-state index is 0.0339. The molecule has 2 aliphatic rings. The van der Waals surface area contributed by atoms with Crippen LogP contribution in [-0.4, -0.2) is 84.3 Å². The quantitative estimate of drug-likeness (QED) is 0.796. The van der Waals surface area contributed by atoms with Gasteiger partial charge in [0.05, 0.1) is 30.4 Å². The summed E-state index contributed by atoms with van der Waals surface area (Å²) < 4.78 is 10.9. The van der Waals surface area contributed by atoms with E-state index < -0.39 is 0 Å². The smallest absolute Gasteiger partial charge is 0.274 e. The van der Waals surface area contributed by atoms with E-state index in [2.05, 4.69) is 14.9 Å². The van der Waals surface area contributed by atoms with Crippen molar-refractivity contribution in [1.29, 1.82) is 0 Å². The fourth-order valence-corrected chi connectivity index (χ4v) is 3.73. The van der Waals surface area contributed by atoms with E-state index in [1.807, 2.05) is 29.2 Å². The number of carbonyl (C=O) groups is 1. The number of para-hydroxylation sites is 2. The van der Waals surface area contributed by atoms with Crippen molar-refractivity contribution < 1.29 is 14.3 Å². The minimum atomic E-state index is -0.0339. The molecule has 1 aromatic heterocycles. The highest BCUT2D eigenvalue weighted by atomic mass is 16.5. The van der Waals surface area contributed by atoms with Crippen LogP contribution in [0.5, 0.6) is 0 Å². The van der Waals surface area contributed by atoms with Crippen LogP contribution in [0.2, 0.25) is 0 Å². The molecule has 0 atom stereocenters. The molecule has 2 aliphatic heterocycles. The number of nitrogens with zero attached hydrogens (tertiary/aromatic N) is 4. The second-order valence-corrected chi connectivity index (χ2v) is 7.04. The normalized spacial score (nSPS) is 19.3. The summed E-state index contributed by atoms with van der Waals surface area (Å²) in [5.41, 5.74) is 1.98. The van der Waals surface area contributed by atoms with E-state index in [0.29, 0.717) is 25.5 Å².